The van der Waals surface area contributed by atoms with Crippen molar-refractivity contribution in [1.29, 1.82) is 0 Å². The molecule has 1 amide bonds. The Kier molecular flexibility index (Phi) is 4.01. The van der Waals surface area contributed by atoms with Crippen molar-refractivity contribution in [3.63, 3.8) is 0 Å². The third-order valence-corrected chi connectivity index (χ3v) is 4.72. The maximum Gasteiger partial charge on any atom is 0.233 e. The van der Waals surface area contributed by atoms with Crippen LogP contribution < -0.4 is 0 Å². The number of aromatic nitrogens is 3. The van der Waals surface area contributed by atoms with Gasteiger partial charge in [0, 0.05) is 20.1 Å². The summed E-state index contributed by atoms with van der Waals surface area (Å²) >= 11 is 1.43. The first-order valence-electron chi connectivity index (χ1n) is 7.01. The van der Waals surface area contributed by atoms with Crippen LogP contribution in [0, 0.1) is 6.92 Å². The van der Waals surface area contributed by atoms with Gasteiger partial charge < -0.3 is 13.9 Å². The Morgan fingerprint density at radius 1 is 1.38 bits per heavy atom. The Morgan fingerprint density at radius 3 is 2.81 bits per heavy atom. The lowest BCUT2D eigenvalue weighted by molar-refractivity contribution is -0.127. The number of thioether (sulfide) groups is 1. The Hall–Kier alpha value is -1.76. The molecule has 0 atom stereocenters. The Balaban J connectivity index is 1.68. The summed E-state index contributed by atoms with van der Waals surface area (Å²) < 4.78 is 7.20. The fourth-order valence-electron chi connectivity index (χ4n) is 2.48. The van der Waals surface area contributed by atoms with Gasteiger partial charge in [-0.25, -0.2) is 0 Å². The average Bonchev–Trinajstić information content (AvgIpc) is 3.18. The lowest BCUT2D eigenvalue weighted by Gasteiger charge is -2.14. The van der Waals surface area contributed by atoms with Gasteiger partial charge in [-0.05, 0) is 25.8 Å². The molecule has 0 saturated carbocycles. The van der Waals surface area contributed by atoms with Crippen LogP contribution >= 0.6 is 11.8 Å². The van der Waals surface area contributed by atoms with Crippen LogP contribution in [-0.2, 0) is 11.8 Å². The van der Waals surface area contributed by atoms with Gasteiger partial charge in [-0.3, -0.25) is 4.79 Å². The van der Waals surface area contributed by atoms with E-state index in [1.807, 2.05) is 29.5 Å². The van der Waals surface area contributed by atoms with E-state index in [1.165, 1.54) is 11.8 Å². The maximum absolute atomic E-state index is 12.1. The van der Waals surface area contributed by atoms with E-state index >= 15 is 0 Å². The molecule has 1 fully saturated rings. The smallest absolute Gasteiger partial charge is 0.233 e. The van der Waals surface area contributed by atoms with Crippen LogP contribution in [-0.4, -0.2) is 44.4 Å². The largest absolute Gasteiger partial charge is 0.469 e. The quantitative estimate of drug-likeness (QED) is 0.809. The van der Waals surface area contributed by atoms with Crippen molar-refractivity contribution in [3.8, 4) is 11.4 Å². The molecule has 0 bridgehead atoms. The van der Waals surface area contributed by atoms with Gasteiger partial charge in [0.1, 0.15) is 5.76 Å². The number of furan rings is 1. The van der Waals surface area contributed by atoms with E-state index in [2.05, 4.69) is 10.2 Å². The van der Waals surface area contributed by atoms with E-state index in [-0.39, 0.29) is 5.91 Å². The van der Waals surface area contributed by atoms with Gasteiger partial charge in [0.2, 0.25) is 5.91 Å². The number of hydrogen-bond donors (Lipinski definition) is 0. The lowest BCUT2D eigenvalue weighted by atomic mass is 10.2. The summed E-state index contributed by atoms with van der Waals surface area (Å²) in [5.41, 5.74) is 0.933. The normalized spacial score (nSPS) is 14.9. The van der Waals surface area contributed by atoms with E-state index in [9.17, 15) is 4.79 Å². The summed E-state index contributed by atoms with van der Waals surface area (Å²) in [5, 5.41) is 9.12. The monoisotopic (exact) mass is 306 g/mol. The van der Waals surface area contributed by atoms with Crippen molar-refractivity contribution in [2.24, 2.45) is 7.05 Å². The summed E-state index contributed by atoms with van der Waals surface area (Å²) in [6.07, 6.45) is 3.87. The number of carbonyl (C=O) groups is 1. The second kappa shape index (κ2) is 5.93. The van der Waals surface area contributed by atoms with Crippen LogP contribution in [0.15, 0.2) is 21.9 Å². The highest BCUT2D eigenvalue weighted by atomic mass is 32.2. The van der Waals surface area contributed by atoms with Gasteiger partial charge in [-0.1, -0.05) is 11.8 Å². The SMILES string of the molecule is Cc1occc1-c1nnc(SCC(=O)N2CCCC2)n1C. The van der Waals surface area contributed by atoms with Gasteiger partial charge in [0.05, 0.1) is 17.6 Å². The molecular weight excluding hydrogens is 288 g/mol. The highest BCUT2D eigenvalue weighted by molar-refractivity contribution is 7.99. The highest BCUT2D eigenvalue weighted by Gasteiger charge is 2.20. The molecule has 2 aromatic heterocycles. The fraction of sp³-hybridized carbons (Fsp3) is 0.500. The molecule has 0 spiro atoms. The van der Waals surface area contributed by atoms with Crippen LogP contribution in [0.5, 0.6) is 0 Å². The molecule has 6 nitrogen and oxygen atoms in total. The number of hydrogen-bond acceptors (Lipinski definition) is 5. The Bertz CT molecular complexity index is 643. The molecular formula is C14H18N4O2S. The third kappa shape index (κ3) is 2.83. The van der Waals surface area contributed by atoms with Crippen molar-refractivity contribution in [2.45, 2.75) is 24.9 Å². The lowest BCUT2D eigenvalue weighted by Crippen LogP contribution is -2.29. The van der Waals surface area contributed by atoms with Crippen LogP contribution in [0.2, 0.25) is 0 Å². The molecule has 3 heterocycles. The molecule has 0 aliphatic carbocycles. The predicted molar refractivity (Wildman–Crippen MR) is 80.0 cm³/mol. The maximum atomic E-state index is 12.1. The van der Waals surface area contributed by atoms with E-state index in [1.54, 1.807) is 6.26 Å². The minimum atomic E-state index is 0.182. The van der Waals surface area contributed by atoms with Gasteiger partial charge in [0.15, 0.2) is 11.0 Å². The van der Waals surface area contributed by atoms with E-state index in [4.69, 9.17) is 4.42 Å². The van der Waals surface area contributed by atoms with E-state index in [0.29, 0.717) is 5.75 Å². The van der Waals surface area contributed by atoms with Crippen molar-refractivity contribution in [2.75, 3.05) is 18.8 Å². The summed E-state index contributed by atoms with van der Waals surface area (Å²) in [4.78, 5) is 14.0. The van der Waals surface area contributed by atoms with Crippen molar-refractivity contribution in [3.05, 3.63) is 18.1 Å². The summed E-state index contributed by atoms with van der Waals surface area (Å²) in [6, 6.07) is 1.88. The molecule has 112 valence electrons. The number of rotatable bonds is 4. The third-order valence-electron chi connectivity index (χ3n) is 3.72. The number of nitrogens with zero attached hydrogens (tertiary/aromatic N) is 4. The molecule has 0 N–H and O–H groups in total. The molecule has 1 aliphatic heterocycles. The van der Waals surface area contributed by atoms with Gasteiger partial charge in [-0.15, -0.1) is 10.2 Å². The molecule has 21 heavy (non-hydrogen) atoms. The van der Waals surface area contributed by atoms with Gasteiger partial charge in [0.25, 0.3) is 0 Å². The van der Waals surface area contributed by atoms with Crippen molar-refractivity contribution >= 4 is 17.7 Å². The minimum absolute atomic E-state index is 0.182. The Morgan fingerprint density at radius 2 is 2.14 bits per heavy atom. The average molecular weight is 306 g/mol. The second-order valence-electron chi connectivity index (χ2n) is 5.13. The number of carbonyl (C=O) groups excluding carboxylic acids is 1. The molecule has 2 aromatic rings. The molecule has 1 saturated heterocycles. The molecule has 0 aromatic carbocycles. The second-order valence-corrected chi connectivity index (χ2v) is 6.07. The number of amides is 1. The first-order valence-corrected chi connectivity index (χ1v) is 8.00. The summed E-state index contributed by atoms with van der Waals surface area (Å²) in [7, 11) is 1.91. The van der Waals surface area contributed by atoms with E-state index in [0.717, 1.165) is 48.2 Å². The van der Waals surface area contributed by atoms with Gasteiger partial charge in [-0.2, -0.15) is 0 Å². The highest BCUT2D eigenvalue weighted by Crippen LogP contribution is 2.26. The Labute approximate surface area is 127 Å². The predicted octanol–water partition coefficient (Wildman–Crippen LogP) is 2.10. The zero-order chi connectivity index (χ0) is 14.8. The molecule has 7 heteroatoms. The molecule has 1 aliphatic rings. The minimum Gasteiger partial charge on any atom is -0.469 e. The zero-order valence-electron chi connectivity index (χ0n) is 12.2. The number of likely N-dealkylation sites (tertiary alicyclic amines) is 1. The topological polar surface area (TPSA) is 64.2 Å². The van der Waals surface area contributed by atoms with E-state index < -0.39 is 0 Å². The fourth-order valence-corrected chi connectivity index (χ4v) is 3.29. The van der Waals surface area contributed by atoms with Crippen LogP contribution in [0.4, 0.5) is 0 Å². The first kappa shape index (κ1) is 14.2. The van der Waals surface area contributed by atoms with Crippen LogP contribution in [0.3, 0.4) is 0 Å². The summed E-state index contributed by atoms with van der Waals surface area (Å²) in [5.74, 6) is 2.17. The van der Waals surface area contributed by atoms with Crippen molar-refractivity contribution < 1.29 is 9.21 Å². The molecule has 0 unspecified atom stereocenters. The van der Waals surface area contributed by atoms with Gasteiger partial charge >= 0.3 is 0 Å². The number of aryl methyl sites for hydroxylation is 1. The van der Waals surface area contributed by atoms with Crippen LogP contribution in [0.1, 0.15) is 18.6 Å². The van der Waals surface area contributed by atoms with Crippen molar-refractivity contribution in [1.82, 2.24) is 19.7 Å². The first-order chi connectivity index (χ1) is 10.2. The molecule has 0 radical (unpaired) electrons. The summed E-state index contributed by atoms with van der Waals surface area (Å²) in [6.45, 7) is 3.67. The molecule has 3 rings (SSSR count). The van der Waals surface area contributed by atoms with Crippen LogP contribution in [0.25, 0.3) is 11.4 Å². The standard InChI is InChI=1S/C14H18N4O2S/c1-10-11(5-8-20-10)13-15-16-14(17(13)2)21-9-12(19)18-6-3-4-7-18/h5,8H,3-4,6-7,9H2,1-2H3. The zero-order valence-corrected chi connectivity index (χ0v) is 13.0.